The largest absolute Gasteiger partial charge is 0.507 e. The number of halogens is 1. The fourth-order valence-corrected chi connectivity index (χ4v) is 2.50. The van der Waals surface area contributed by atoms with E-state index in [0.29, 0.717) is 30.4 Å². The number of phenols is 1. The van der Waals surface area contributed by atoms with Crippen molar-refractivity contribution in [1.82, 2.24) is 5.32 Å². The van der Waals surface area contributed by atoms with Gasteiger partial charge in [0.2, 0.25) is 0 Å². The van der Waals surface area contributed by atoms with Crippen molar-refractivity contribution in [2.45, 2.75) is 0 Å². The molecule has 1 aliphatic heterocycles. The summed E-state index contributed by atoms with van der Waals surface area (Å²) in [6, 6.07) is 7.77. The van der Waals surface area contributed by atoms with Crippen molar-refractivity contribution in [2.24, 2.45) is 0 Å². The fourth-order valence-electron chi connectivity index (χ4n) is 2.33. The summed E-state index contributed by atoms with van der Waals surface area (Å²) < 4.78 is 15.5. The molecule has 0 aromatic heterocycles. The number of urea groups is 1. The lowest BCUT2D eigenvalue weighted by molar-refractivity contribution is -0.123. The van der Waals surface area contributed by atoms with Gasteiger partial charge in [0.25, 0.3) is 5.91 Å². The minimum atomic E-state index is -0.956. The normalized spacial score (nSPS) is 12.0. The lowest BCUT2D eigenvalue weighted by atomic mass is 10.2. The summed E-state index contributed by atoms with van der Waals surface area (Å²) in [5, 5.41) is 14.3. The zero-order chi connectivity index (χ0) is 20.1. The average molecular weight is 407 g/mol. The third-order valence-corrected chi connectivity index (χ3v) is 3.80. The molecule has 1 heterocycles. The number of anilines is 1. The van der Waals surface area contributed by atoms with Crippen LogP contribution in [0.5, 0.6) is 17.2 Å². The number of hydrogen-bond acceptors (Lipinski definition) is 7. The van der Waals surface area contributed by atoms with E-state index in [-0.39, 0.29) is 16.3 Å². The van der Waals surface area contributed by atoms with E-state index in [1.807, 2.05) is 5.32 Å². The number of fused-ring (bicyclic) bond motifs is 1. The Kier molecular flexibility index (Phi) is 5.85. The van der Waals surface area contributed by atoms with Crippen molar-refractivity contribution in [3.05, 3.63) is 47.0 Å². The molecule has 0 unspecified atom stereocenters. The first-order valence-electron chi connectivity index (χ1n) is 8.08. The molecule has 10 heteroatoms. The maximum absolute atomic E-state index is 11.9. The molecule has 0 fully saturated rings. The first kappa shape index (κ1) is 19.3. The third kappa shape index (κ3) is 4.83. The van der Waals surface area contributed by atoms with E-state index in [4.69, 9.17) is 25.8 Å². The number of hydrogen-bond donors (Lipinski definition) is 3. The molecule has 2 aromatic carbocycles. The first-order chi connectivity index (χ1) is 13.4. The van der Waals surface area contributed by atoms with Crippen LogP contribution in [0.4, 0.5) is 10.5 Å². The third-order valence-electron chi connectivity index (χ3n) is 3.57. The Morgan fingerprint density at radius 3 is 2.61 bits per heavy atom. The molecule has 0 bridgehead atoms. The van der Waals surface area contributed by atoms with E-state index in [0.717, 1.165) is 0 Å². The number of phenolic OH excluding ortho intramolecular Hbond substituents is 1. The molecule has 0 saturated heterocycles. The fraction of sp³-hybridized carbons (Fsp3) is 0.167. The van der Waals surface area contributed by atoms with Gasteiger partial charge < -0.3 is 24.6 Å². The second kappa shape index (κ2) is 8.49. The Balaban J connectivity index is 1.50. The number of carbonyl (C=O) groups is 3. The standard InChI is InChI=1S/C18H15ClN2O7/c19-10-1-3-13(22)12(7-10)17(24)28-9-16(23)21-18(25)20-11-2-4-14-15(8-11)27-6-5-26-14/h1-4,7-8,22H,5-6,9H2,(H2,20,21,23,25). The average Bonchev–Trinajstić information content (AvgIpc) is 2.67. The number of nitrogens with one attached hydrogen (secondary N) is 2. The first-order valence-corrected chi connectivity index (χ1v) is 8.46. The van der Waals surface area contributed by atoms with Crippen molar-refractivity contribution >= 4 is 35.2 Å². The Bertz CT molecular complexity index is 932. The number of imide groups is 1. The van der Waals surface area contributed by atoms with E-state index < -0.39 is 24.5 Å². The lowest BCUT2D eigenvalue weighted by Gasteiger charge is -2.19. The molecule has 3 N–H and O–H groups in total. The van der Waals surface area contributed by atoms with Crippen LogP contribution in [0.1, 0.15) is 10.4 Å². The zero-order valence-corrected chi connectivity index (χ0v) is 15.1. The van der Waals surface area contributed by atoms with Crippen LogP contribution < -0.4 is 20.1 Å². The smallest absolute Gasteiger partial charge is 0.342 e. The molecule has 3 amide bonds. The summed E-state index contributed by atoms with van der Waals surface area (Å²) in [5.41, 5.74) is 0.191. The lowest BCUT2D eigenvalue weighted by Crippen LogP contribution is -2.37. The van der Waals surface area contributed by atoms with Crippen LogP contribution in [-0.2, 0) is 9.53 Å². The predicted molar refractivity (Wildman–Crippen MR) is 98.0 cm³/mol. The van der Waals surface area contributed by atoms with Crippen molar-refractivity contribution in [1.29, 1.82) is 0 Å². The van der Waals surface area contributed by atoms with Gasteiger partial charge in [0.15, 0.2) is 18.1 Å². The van der Waals surface area contributed by atoms with Crippen LogP contribution in [0.15, 0.2) is 36.4 Å². The highest BCUT2D eigenvalue weighted by Crippen LogP contribution is 2.32. The van der Waals surface area contributed by atoms with Gasteiger partial charge in [-0.25, -0.2) is 9.59 Å². The molecular formula is C18H15ClN2O7. The van der Waals surface area contributed by atoms with E-state index in [1.54, 1.807) is 18.2 Å². The number of aromatic hydroxyl groups is 1. The molecule has 0 radical (unpaired) electrons. The second-order valence-electron chi connectivity index (χ2n) is 5.60. The van der Waals surface area contributed by atoms with Crippen LogP contribution in [0.2, 0.25) is 5.02 Å². The molecule has 1 aliphatic rings. The molecule has 146 valence electrons. The Labute approximate surface area is 164 Å². The molecule has 28 heavy (non-hydrogen) atoms. The van der Waals surface area contributed by atoms with Crippen molar-refractivity contribution in [3.8, 4) is 17.2 Å². The van der Waals surface area contributed by atoms with Gasteiger partial charge in [-0.1, -0.05) is 11.6 Å². The topological polar surface area (TPSA) is 123 Å². The van der Waals surface area contributed by atoms with Crippen LogP contribution in [-0.4, -0.2) is 42.8 Å². The van der Waals surface area contributed by atoms with Gasteiger partial charge in [-0.15, -0.1) is 0 Å². The summed E-state index contributed by atoms with van der Waals surface area (Å²) in [4.78, 5) is 35.6. The number of benzene rings is 2. The SMILES string of the molecule is O=C(COC(=O)c1cc(Cl)ccc1O)NC(=O)Nc1ccc2c(c1)OCCO2. The highest BCUT2D eigenvalue weighted by molar-refractivity contribution is 6.31. The summed E-state index contributed by atoms with van der Waals surface area (Å²) in [7, 11) is 0. The highest BCUT2D eigenvalue weighted by Gasteiger charge is 2.17. The summed E-state index contributed by atoms with van der Waals surface area (Å²) >= 11 is 5.75. The molecule has 3 rings (SSSR count). The van der Waals surface area contributed by atoms with Crippen LogP contribution in [0.3, 0.4) is 0 Å². The number of rotatable bonds is 4. The molecular weight excluding hydrogens is 392 g/mol. The van der Waals surface area contributed by atoms with Gasteiger partial charge in [0.1, 0.15) is 24.5 Å². The number of ether oxygens (including phenoxy) is 3. The minimum absolute atomic E-state index is 0.193. The van der Waals surface area contributed by atoms with E-state index >= 15 is 0 Å². The van der Waals surface area contributed by atoms with Gasteiger partial charge in [-0.05, 0) is 30.3 Å². The van der Waals surface area contributed by atoms with Gasteiger partial charge in [0, 0.05) is 16.8 Å². The molecule has 0 atom stereocenters. The molecule has 0 spiro atoms. The molecule has 2 aromatic rings. The van der Waals surface area contributed by atoms with E-state index in [9.17, 15) is 19.5 Å². The van der Waals surface area contributed by atoms with Crippen LogP contribution in [0, 0.1) is 0 Å². The maximum Gasteiger partial charge on any atom is 0.342 e. The van der Waals surface area contributed by atoms with E-state index in [1.165, 1.54) is 18.2 Å². The van der Waals surface area contributed by atoms with Crippen LogP contribution in [0.25, 0.3) is 0 Å². The van der Waals surface area contributed by atoms with Crippen molar-refractivity contribution < 1.29 is 33.7 Å². The van der Waals surface area contributed by atoms with Gasteiger partial charge in [0.05, 0.1) is 0 Å². The monoisotopic (exact) mass is 406 g/mol. The van der Waals surface area contributed by atoms with Gasteiger partial charge >= 0.3 is 12.0 Å². The number of carbonyl (C=O) groups excluding carboxylic acids is 3. The maximum atomic E-state index is 11.9. The molecule has 0 saturated carbocycles. The number of esters is 1. The minimum Gasteiger partial charge on any atom is -0.507 e. The van der Waals surface area contributed by atoms with Crippen molar-refractivity contribution in [2.75, 3.05) is 25.1 Å². The second-order valence-corrected chi connectivity index (χ2v) is 6.03. The van der Waals surface area contributed by atoms with Gasteiger partial charge in [-0.3, -0.25) is 10.1 Å². The molecule has 9 nitrogen and oxygen atoms in total. The van der Waals surface area contributed by atoms with E-state index in [2.05, 4.69) is 5.32 Å². The Morgan fingerprint density at radius 2 is 1.82 bits per heavy atom. The Hall–Kier alpha value is -3.46. The summed E-state index contributed by atoms with van der Waals surface area (Å²) in [6.45, 7) is 0.120. The number of amides is 3. The highest BCUT2D eigenvalue weighted by atomic mass is 35.5. The van der Waals surface area contributed by atoms with Gasteiger partial charge in [-0.2, -0.15) is 0 Å². The molecule has 0 aliphatic carbocycles. The summed E-state index contributed by atoms with van der Waals surface area (Å²) in [6.07, 6.45) is 0. The quantitative estimate of drug-likeness (QED) is 0.666. The van der Waals surface area contributed by atoms with Crippen LogP contribution >= 0.6 is 11.6 Å². The Morgan fingerprint density at radius 1 is 1.07 bits per heavy atom. The zero-order valence-electron chi connectivity index (χ0n) is 14.4. The summed E-state index contributed by atoms with van der Waals surface area (Å²) in [5.74, 6) is -1.12. The predicted octanol–water partition coefficient (Wildman–Crippen LogP) is 2.32. The van der Waals surface area contributed by atoms with Crippen molar-refractivity contribution in [3.63, 3.8) is 0 Å².